The quantitative estimate of drug-likeness (QED) is 0.695. The molecule has 22 heavy (non-hydrogen) atoms. The van der Waals surface area contributed by atoms with Gasteiger partial charge in [0.05, 0.1) is 5.75 Å². The summed E-state index contributed by atoms with van der Waals surface area (Å²) in [5.41, 5.74) is 3.75. The molecule has 0 aliphatic rings. The molecule has 12 heteroatoms. The van der Waals surface area contributed by atoms with Crippen molar-refractivity contribution in [1.29, 1.82) is 0 Å². The van der Waals surface area contributed by atoms with Gasteiger partial charge >= 0.3 is 0 Å². The molecule has 0 aliphatic heterocycles. The van der Waals surface area contributed by atoms with E-state index in [-0.39, 0.29) is 0 Å². The predicted octanol–water partition coefficient (Wildman–Crippen LogP) is -0.291. The zero-order chi connectivity index (χ0) is 17.5. The van der Waals surface area contributed by atoms with Crippen LogP contribution < -0.4 is 10.9 Å². The Morgan fingerprint density at radius 2 is 1.45 bits per heavy atom. The highest BCUT2D eigenvalue weighted by molar-refractivity contribution is 7.91. The maximum Gasteiger partial charge on any atom is 0.241 e. The lowest BCUT2D eigenvalue weighted by atomic mass is 10.2. The Labute approximate surface area is 124 Å². The fraction of sp³-hybridized carbons (Fsp3) is 0.300. The highest BCUT2D eigenvalue weighted by atomic mass is 32.2. The van der Waals surface area contributed by atoms with E-state index < -0.39 is 70.7 Å². The first-order valence-electron chi connectivity index (χ1n) is 5.51. The second-order valence-electron chi connectivity index (χ2n) is 4.31. The van der Waals surface area contributed by atoms with Crippen LogP contribution >= 0.6 is 0 Å². The summed E-state index contributed by atoms with van der Waals surface area (Å²) in [4.78, 5) is 7.42. The fourth-order valence-electron chi connectivity index (χ4n) is 1.68. The summed E-state index contributed by atoms with van der Waals surface area (Å²) in [5, 5.41) is 4.64. The molecule has 0 saturated heterocycles. The van der Waals surface area contributed by atoms with Gasteiger partial charge in [-0.3, -0.25) is 4.79 Å². The first kappa shape index (κ1) is 18.4. The Hall–Kier alpha value is -1.66. The summed E-state index contributed by atoms with van der Waals surface area (Å²) in [5.74, 6) is -8.25. The molecule has 0 unspecified atom stereocenters. The zero-order valence-electron chi connectivity index (χ0n) is 11.1. The SMILES string of the molecule is Cc1c(F)c(S(=O)(=O)CCC(N)=O)c(F)c(F)c1S(N)(=O)=O. The Morgan fingerprint density at radius 3 is 1.86 bits per heavy atom. The van der Waals surface area contributed by atoms with E-state index in [1.54, 1.807) is 0 Å². The van der Waals surface area contributed by atoms with Gasteiger partial charge in [0.2, 0.25) is 15.9 Å². The minimum Gasteiger partial charge on any atom is -0.370 e. The monoisotopic (exact) mass is 360 g/mol. The van der Waals surface area contributed by atoms with E-state index in [0.717, 1.165) is 6.92 Å². The lowest BCUT2D eigenvalue weighted by Crippen LogP contribution is -2.23. The smallest absolute Gasteiger partial charge is 0.241 e. The standard InChI is InChI=1S/C10H11F3N2O5S2/c1-4-6(11)10(21(17,18)3-2-5(14)16)8(13)7(12)9(4)22(15,19)20/h2-3H2,1H3,(H2,14,16)(H2,15,19,20). The summed E-state index contributed by atoms with van der Waals surface area (Å²) in [7, 11) is -9.57. The number of halogens is 3. The van der Waals surface area contributed by atoms with Gasteiger partial charge in [0.1, 0.15) is 15.6 Å². The van der Waals surface area contributed by atoms with Crippen molar-refractivity contribution in [3.05, 3.63) is 23.0 Å². The van der Waals surface area contributed by atoms with Crippen LogP contribution in [0.4, 0.5) is 13.2 Å². The van der Waals surface area contributed by atoms with Crippen molar-refractivity contribution in [2.24, 2.45) is 10.9 Å². The second-order valence-corrected chi connectivity index (χ2v) is 7.85. The summed E-state index contributed by atoms with van der Waals surface area (Å²) in [6.45, 7) is 0.727. The Bertz CT molecular complexity index is 821. The molecule has 0 bridgehead atoms. The summed E-state index contributed by atoms with van der Waals surface area (Å²) in [6.07, 6.45) is -0.751. The number of sulfone groups is 1. The van der Waals surface area contributed by atoms with E-state index in [9.17, 15) is 34.8 Å². The molecule has 0 spiro atoms. The van der Waals surface area contributed by atoms with Crippen molar-refractivity contribution in [1.82, 2.24) is 0 Å². The molecule has 0 aromatic heterocycles. The van der Waals surface area contributed by atoms with Crippen LogP contribution in [0, 0.1) is 24.4 Å². The van der Waals surface area contributed by atoms with E-state index in [4.69, 9.17) is 5.73 Å². The topological polar surface area (TPSA) is 137 Å². The molecule has 4 N–H and O–H groups in total. The van der Waals surface area contributed by atoms with Gasteiger partial charge in [0.15, 0.2) is 21.5 Å². The molecule has 1 rings (SSSR count). The first-order chi connectivity index (χ1) is 9.80. The molecule has 1 amide bonds. The van der Waals surface area contributed by atoms with Crippen molar-refractivity contribution in [2.75, 3.05) is 5.75 Å². The van der Waals surface area contributed by atoms with Crippen LogP contribution in [0.25, 0.3) is 0 Å². The van der Waals surface area contributed by atoms with Gasteiger partial charge in [-0.2, -0.15) is 0 Å². The van der Waals surface area contributed by atoms with Gasteiger partial charge in [-0.05, 0) is 6.92 Å². The van der Waals surface area contributed by atoms with Gasteiger partial charge in [0.25, 0.3) is 0 Å². The third kappa shape index (κ3) is 3.39. The number of primary amides is 1. The summed E-state index contributed by atoms with van der Waals surface area (Å²) < 4.78 is 87.5. The van der Waals surface area contributed by atoms with Crippen LogP contribution in [0.2, 0.25) is 0 Å². The normalized spacial score (nSPS) is 12.4. The van der Waals surface area contributed by atoms with Gasteiger partial charge in [0, 0.05) is 12.0 Å². The maximum absolute atomic E-state index is 14.0. The highest BCUT2D eigenvalue weighted by Crippen LogP contribution is 2.31. The van der Waals surface area contributed by atoms with Gasteiger partial charge in [-0.15, -0.1) is 0 Å². The number of amides is 1. The molecular weight excluding hydrogens is 349 g/mol. The van der Waals surface area contributed by atoms with Crippen molar-refractivity contribution in [3.63, 3.8) is 0 Å². The van der Waals surface area contributed by atoms with Gasteiger partial charge < -0.3 is 5.73 Å². The average Bonchev–Trinajstić information content (AvgIpc) is 2.32. The third-order valence-electron chi connectivity index (χ3n) is 2.67. The Balaban J connectivity index is 3.71. The number of carbonyl (C=O) groups is 1. The Morgan fingerprint density at radius 1 is 1.00 bits per heavy atom. The zero-order valence-corrected chi connectivity index (χ0v) is 12.7. The van der Waals surface area contributed by atoms with E-state index in [1.807, 2.05) is 0 Å². The van der Waals surface area contributed by atoms with Crippen molar-refractivity contribution >= 4 is 25.8 Å². The first-order valence-corrected chi connectivity index (χ1v) is 8.71. The summed E-state index contributed by atoms with van der Waals surface area (Å²) in [6, 6.07) is 0. The minimum absolute atomic E-state index is 0.727. The largest absolute Gasteiger partial charge is 0.370 e. The molecular formula is C10H11F3N2O5S2. The third-order valence-corrected chi connectivity index (χ3v) is 5.45. The number of benzene rings is 1. The lowest BCUT2D eigenvalue weighted by Gasteiger charge is -2.12. The molecule has 7 nitrogen and oxygen atoms in total. The second kappa shape index (κ2) is 5.85. The van der Waals surface area contributed by atoms with Crippen LogP contribution in [-0.4, -0.2) is 28.5 Å². The molecule has 1 aromatic rings. The van der Waals surface area contributed by atoms with Crippen molar-refractivity contribution < 1.29 is 34.8 Å². The van der Waals surface area contributed by atoms with Crippen molar-refractivity contribution in [2.45, 2.75) is 23.1 Å². The van der Waals surface area contributed by atoms with Crippen LogP contribution in [0.5, 0.6) is 0 Å². The number of hydrogen-bond donors (Lipinski definition) is 2. The molecule has 0 aliphatic carbocycles. The molecule has 0 heterocycles. The number of nitrogens with two attached hydrogens (primary N) is 2. The lowest BCUT2D eigenvalue weighted by molar-refractivity contribution is -0.117. The number of sulfonamides is 1. The van der Waals surface area contributed by atoms with E-state index in [2.05, 4.69) is 5.14 Å². The number of primary sulfonamides is 1. The Kier molecular flexibility index (Phi) is 4.89. The fourth-order valence-corrected chi connectivity index (χ4v) is 4.00. The molecule has 124 valence electrons. The highest BCUT2D eigenvalue weighted by Gasteiger charge is 2.34. The minimum atomic E-state index is -4.82. The van der Waals surface area contributed by atoms with Crippen LogP contribution in [-0.2, 0) is 24.7 Å². The van der Waals surface area contributed by atoms with E-state index in [1.165, 1.54) is 0 Å². The van der Waals surface area contributed by atoms with Crippen LogP contribution in [0.3, 0.4) is 0 Å². The molecule has 0 saturated carbocycles. The summed E-state index contributed by atoms with van der Waals surface area (Å²) >= 11 is 0. The van der Waals surface area contributed by atoms with Crippen LogP contribution in [0.15, 0.2) is 9.79 Å². The van der Waals surface area contributed by atoms with E-state index in [0.29, 0.717) is 0 Å². The number of rotatable bonds is 5. The van der Waals surface area contributed by atoms with Crippen molar-refractivity contribution in [3.8, 4) is 0 Å². The van der Waals surface area contributed by atoms with E-state index >= 15 is 0 Å². The number of hydrogen-bond acceptors (Lipinski definition) is 5. The maximum atomic E-state index is 14.0. The molecule has 0 fully saturated rings. The van der Waals surface area contributed by atoms with Gasteiger partial charge in [-0.1, -0.05) is 0 Å². The molecule has 0 radical (unpaired) electrons. The predicted molar refractivity (Wildman–Crippen MR) is 68.3 cm³/mol. The number of carbonyl (C=O) groups excluding carboxylic acids is 1. The van der Waals surface area contributed by atoms with Gasteiger partial charge in [-0.25, -0.2) is 35.1 Å². The van der Waals surface area contributed by atoms with Crippen LogP contribution in [0.1, 0.15) is 12.0 Å². The molecule has 1 aromatic carbocycles. The average molecular weight is 360 g/mol. The molecule has 0 atom stereocenters.